The Morgan fingerprint density at radius 3 is 1.65 bits per heavy atom. The van der Waals surface area contributed by atoms with Crippen LogP contribution in [-0.2, 0) is 0 Å². The van der Waals surface area contributed by atoms with Gasteiger partial charge in [-0.3, -0.25) is 4.99 Å². The molecule has 0 aromatic heterocycles. The Morgan fingerprint density at radius 1 is 0.826 bits per heavy atom. The van der Waals surface area contributed by atoms with Gasteiger partial charge in [0.15, 0.2) is 5.96 Å². The predicted octanol–water partition coefficient (Wildman–Crippen LogP) is 2.69. The minimum absolute atomic E-state index is 0.0667. The summed E-state index contributed by atoms with van der Waals surface area (Å²) in [5.41, 5.74) is 2.54. The number of hydrogen-bond acceptors (Lipinski definition) is 2. The standard InChI is InChI=1S/C19H23N3O/c1-21-17(15-9-5-3-6-10-15)18(16-11-7-4-8-12-16)22(2)19(21)20-13-14-23/h3-12,17-18,23H,13-14H2,1-2H3. The van der Waals surface area contributed by atoms with Crippen molar-refractivity contribution in [3.8, 4) is 0 Å². The predicted molar refractivity (Wildman–Crippen MR) is 93.3 cm³/mol. The second-order valence-corrected chi connectivity index (χ2v) is 5.84. The SMILES string of the molecule is CN1C(=NCCO)N(C)C(c2ccccc2)C1c1ccccc1. The van der Waals surface area contributed by atoms with E-state index in [1.807, 2.05) is 12.1 Å². The van der Waals surface area contributed by atoms with Crippen LogP contribution in [0.15, 0.2) is 65.7 Å². The van der Waals surface area contributed by atoms with E-state index in [-0.39, 0.29) is 18.7 Å². The number of aliphatic imine (C=N–C) groups is 1. The lowest BCUT2D eigenvalue weighted by Gasteiger charge is -2.26. The Bertz CT molecular complexity index is 603. The van der Waals surface area contributed by atoms with Gasteiger partial charge in [-0.2, -0.15) is 0 Å². The summed E-state index contributed by atoms with van der Waals surface area (Å²) < 4.78 is 0. The first-order chi connectivity index (χ1) is 11.2. The van der Waals surface area contributed by atoms with Crippen molar-refractivity contribution in [1.29, 1.82) is 0 Å². The molecule has 1 N–H and O–H groups in total. The summed E-state index contributed by atoms with van der Waals surface area (Å²) in [5.74, 6) is 0.918. The van der Waals surface area contributed by atoms with E-state index in [9.17, 15) is 0 Å². The van der Waals surface area contributed by atoms with Gasteiger partial charge in [-0.1, -0.05) is 60.7 Å². The van der Waals surface area contributed by atoms with Gasteiger partial charge < -0.3 is 14.9 Å². The van der Waals surface area contributed by atoms with Crippen molar-refractivity contribution in [3.05, 3.63) is 71.8 Å². The third kappa shape index (κ3) is 2.94. The highest BCUT2D eigenvalue weighted by Crippen LogP contribution is 2.43. The van der Waals surface area contributed by atoms with Crippen LogP contribution in [0.5, 0.6) is 0 Å². The molecule has 1 aliphatic heterocycles. The molecule has 1 heterocycles. The van der Waals surface area contributed by atoms with Crippen molar-refractivity contribution in [3.63, 3.8) is 0 Å². The number of benzene rings is 2. The molecule has 0 bridgehead atoms. The number of likely N-dealkylation sites (N-methyl/N-ethyl adjacent to an activating group) is 2. The van der Waals surface area contributed by atoms with Crippen LogP contribution in [0.25, 0.3) is 0 Å². The highest BCUT2D eigenvalue weighted by atomic mass is 16.3. The lowest BCUT2D eigenvalue weighted by molar-refractivity contribution is 0.305. The maximum Gasteiger partial charge on any atom is 0.197 e. The Morgan fingerprint density at radius 2 is 1.26 bits per heavy atom. The zero-order valence-electron chi connectivity index (χ0n) is 13.6. The average Bonchev–Trinajstić information content (AvgIpc) is 2.85. The van der Waals surface area contributed by atoms with Crippen LogP contribution in [-0.4, -0.2) is 48.1 Å². The van der Waals surface area contributed by atoms with E-state index in [1.165, 1.54) is 11.1 Å². The zero-order chi connectivity index (χ0) is 16.2. The molecule has 4 nitrogen and oxygen atoms in total. The van der Waals surface area contributed by atoms with Crippen LogP contribution in [0.4, 0.5) is 0 Å². The fraction of sp³-hybridized carbons (Fsp3) is 0.316. The molecular formula is C19H23N3O. The molecule has 0 saturated carbocycles. The van der Waals surface area contributed by atoms with E-state index >= 15 is 0 Å². The largest absolute Gasteiger partial charge is 0.394 e. The first kappa shape index (κ1) is 15.6. The topological polar surface area (TPSA) is 39.1 Å². The fourth-order valence-corrected chi connectivity index (χ4v) is 3.41. The van der Waals surface area contributed by atoms with Gasteiger partial charge in [-0.15, -0.1) is 0 Å². The van der Waals surface area contributed by atoms with E-state index < -0.39 is 0 Å². The van der Waals surface area contributed by atoms with Crippen molar-refractivity contribution in [1.82, 2.24) is 9.80 Å². The number of guanidine groups is 1. The summed E-state index contributed by atoms with van der Waals surface area (Å²) in [6.07, 6.45) is 0. The van der Waals surface area contributed by atoms with Gasteiger partial charge in [0.1, 0.15) is 0 Å². The first-order valence-electron chi connectivity index (χ1n) is 7.95. The molecule has 2 atom stereocenters. The molecule has 3 rings (SSSR count). The van der Waals surface area contributed by atoms with Crippen LogP contribution in [0.3, 0.4) is 0 Å². The summed E-state index contributed by atoms with van der Waals surface area (Å²) in [4.78, 5) is 9.00. The number of aliphatic hydroxyl groups excluding tert-OH is 1. The number of nitrogens with zero attached hydrogens (tertiary/aromatic N) is 3. The molecule has 0 amide bonds. The van der Waals surface area contributed by atoms with E-state index in [2.05, 4.69) is 77.4 Å². The van der Waals surface area contributed by atoms with Crippen LogP contribution in [0.1, 0.15) is 23.2 Å². The maximum absolute atomic E-state index is 9.12. The van der Waals surface area contributed by atoms with Gasteiger partial charge in [0.2, 0.25) is 0 Å². The Hall–Kier alpha value is -2.33. The monoisotopic (exact) mass is 309 g/mol. The van der Waals surface area contributed by atoms with Crippen molar-refractivity contribution >= 4 is 5.96 Å². The summed E-state index contributed by atoms with van der Waals surface area (Å²) in [6, 6.07) is 21.5. The van der Waals surface area contributed by atoms with Gasteiger partial charge in [0.05, 0.1) is 25.2 Å². The maximum atomic E-state index is 9.12. The van der Waals surface area contributed by atoms with Gasteiger partial charge in [-0.25, -0.2) is 0 Å². The van der Waals surface area contributed by atoms with E-state index in [4.69, 9.17) is 5.11 Å². The molecule has 2 aromatic carbocycles. The molecule has 1 saturated heterocycles. The van der Waals surface area contributed by atoms with Crippen molar-refractivity contribution in [2.45, 2.75) is 12.1 Å². The van der Waals surface area contributed by atoms with Crippen molar-refractivity contribution in [2.24, 2.45) is 4.99 Å². The quantitative estimate of drug-likeness (QED) is 0.944. The highest BCUT2D eigenvalue weighted by molar-refractivity contribution is 5.83. The lowest BCUT2D eigenvalue weighted by Crippen LogP contribution is -2.29. The second-order valence-electron chi connectivity index (χ2n) is 5.84. The highest BCUT2D eigenvalue weighted by Gasteiger charge is 2.41. The molecule has 4 heteroatoms. The van der Waals surface area contributed by atoms with Crippen molar-refractivity contribution in [2.75, 3.05) is 27.2 Å². The second kappa shape index (κ2) is 6.84. The molecule has 23 heavy (non-hydrogen) atoms. The Balaban J connectivity index is 2.06. The first-order valence-corrected chi connectivity index (χ1v) is 7.95. The summed E-state index contributed by atoms with van der Waals surface area (Å²) in [6.45, 7) is 0.490. The third-order valence-electron chi connectivity index (χ3n) is 4.40. The summed E-state index contributed by atoms with van der Waals surface area (Å²) in [5, 5.41) is 9.12. The Labute approximate surface area is 137 Å². The summed E-state index contributed by atoms with van der Waals surface area (Å²) >= 11 is 0. The fourth-order valence-electron chi connectivity index (χ4n) is 3.41. The van der Waals surface area contributed by atoms with Crippen LogP contribution in [0, 0.1) is 0 Å². The molecule has 0 radical (unpaired) electrons. The van der Waals surface area contributed by atoms with E-state index in [0.29, 0.717) is 6.54 Å². The minimum atomic E-state index is 0.0667. The molecule has 0 aliphatic carbocycles. The van der Waals surface area contributed by atoms with Gasteiger partial charge in [0.25, 0.3) is 0 Å². The van der Waals surface area contributed by atoms with Gasteiger partial charge >= 0.3 is 0 Å². The average molecular weight is 309 g/mol. The number of rotatable bonds is 4. The Kier molecular flexibility index (Phi) is 4.63. The molecule has 2 aromatic rings. The van der Waals surface area contributed by atoms with Crippen LogP contribution >= 0.6 is 0 Å². The molecular weight excluding hydrogens is 286 g/mol. The zero-order valence-corrected chi connectivity index (χ0v) is 13.6. The van der Waals surface area contributed by atoms with Crippen LogP contribution < -0.4 is 0 Å². The number of hydrogen-bond donors (Lipinski definition) is 1. The normalized spacial score (nSPS) is 20.9. The molecule has 120 valence electrons. The van der Waals surface area contributed by atoms with E-state index in [1.54, 1.807) is 0 Å². The molecule has 0 spiro atoms. The molecule has 1 aliphatic rings. The van der Waals surface area contributed by atoms with Gasteiger partial charge in [0, 0.05) is 14.1 Å². The van der Waals surface area contributed by atoms with E-state index in [0.717, 1.165) is 5.96 Å². The smallest absolute Gasteiger partial charge is 0.197 e. The number of aliphatic hydroxyl groups is 1. The van der Waals surface area contributed by atoms with Crippen molar-refractivity contribution < 1.29 is 5.11 Å². The minimum Gasteiger partial charge on any atom is -0.394 e. The van der Waals surface area contributed by atoms with Crippen LogP contribution in [0.2, 0.25) is 0 Å². The lowest BCUT2D eigenvalue weighted by atomic mass is 9.93. The third-order valence-corrected chi connectivity index (χ3v) is 4.40. The molecule has 2 unspecified atom stereocenters. The summed E-state index contributed by atoms with van der Waals surface area (Å²) in [7, 11) is 4.15. The van der Waals surface area contributed by atoms with Gasteiger partial charge in [-0.05, 0) is 11.1 Å². The molecule has 1 fully saturated rings.